The van der Waals surface area contributed by atoms with Gasteiger partial charge >= 0.3 is 0 Å². The van der Waals surface area contributed by atoms with Crippen molar-refractivity contribution in [1.82, 2.24) is 4.90 Å². The molecule has 31 heavy (non-hydrogen) atoms. The van der Waals surface area contributed by atoms with Gasteiger partial charge in [0.25, 0.3) is 5.91 Å². The van der Waals surface area contributed by atoms with Crippen LogP contribution in [0.1, 0.15) is 74.5 Å². The molecule has 0 atom stereocenters. The van der Waals surface area contributed by atoms with Gasteiger partial charge in [-0.05, 0) is 35.2 Å². The molecule has 0 saturated heterocycles. The van der Waals surface area contributed by atoms with Crippen LogP contribution in [0.3, 0.4) is 0 Å². The smallest absolute Gasteiger partial charge is 0.254 e. The number of halogens is 1. The van der Waals surface area contributed by atoms with Crippen molar-refractivity contribution in [3.05, 3.63) is 63.7 Å². The first-order valence-electron chi connectivity index (χ1n) is 10.8. The Hall–Kier alpha value is -2.51. The number of amides is 1. The minimum atomic E-state index is -0.248. The molecule has 1 amide bonds. The third-order valence-electron chi connectivity index (χ3n) is 7.02. The molecule has 1 heterocycles. The SMILES string of the molecule is CC(C)c1ccc2c(c1)CN([C@H]1C(C)(C)[C@H](Oc3ccc(C#N)c(Cl)c3)C1(C)C)C2=O. The Kier molecular flexibility index (Phi) is 5.10. The van der Waals surface area contributed by atoms with Gasteiger partial charge in [-0.25, -0.2) is 0 Å². The molecular weight excluding hydrogens is 408 g/mol. The van der Waals surface area contributed by atoms with E-state index in [4.69, 9.17) is 21.6 Å². The van der Waals surface area contributed by atoms with E-state index in [1.807, 2.05) is 11.0 Å². The molecule has 0 N–H and O–H groups in total. The molecule has 5 heteroatoms. The maximum Gasteiger partial charge on any atom is 0.254 e. The van der Waals surface area contributed by atoms with Crippen molar-refractivity contribution in [2.45, 2.75) is 66.2 Å². The summed E-state index contributed by atoms with van der Waals surface area (Å²) in [6, 6.07) is 13.5. The number of nitrogens with zero attached hydrogens (tertiary/aromatic N) is 2. The number of carbonyl (C=O) groups excluding carboxylic acids is 1. The van der Waals surface area contributed by atoms with Crippen LogP contribution in [0.4, 0.5) is 0 Å². The highest BCUT2D eigenvalue weighted by atomic mass is 35.5. The Morgan fingerprint density at radius 1 is 1.13 bits per heavy atom. The summed E-state index contributed by atoms with van der Waals surface area (Å²) in [5, 5.41) is 9.49. The average Bonchev–Trinajstić information content (AvgIpc) is 3.00. The second-order valence-electron chi connectivity index (χ2n) is 10.3. The summed E-state index contributed by atoms with van der Waals surface area (Å²) in [4.78, 5) is 15.3. The molecule has 0 aromatic heterocycles. The van der Waals surface area contributed by atoms with E-state index < -0.39 is 0 Å². The fourth-order valence-electron chi connectivity index (χ4n) is 5.94. The van der Waals surface area contributed by atoms with Gasteiger partial charge in [0, 0.05) is 35.0 Å². The molecule has 2 aromatic rings. The van der Waals surface area contributed by atoms with Gasteiger partial charge < -0.3 is 9.64 Å². The number of benzene rings is 2. The fraction of sp³-hybridized carbons (Fsp3) is 0.462. The minimum absolute atomic E-state index is 0.0428. The van der Waals surface area contributed by atoms with E-state index in [2.05, 4.69) is 59.7 Å². The van der Waals surface area contributed by atoms with Crippen molar-refractivity contribution >= 4 is 17.5 Å². The Morgan fingerprint density at radius 3 is 2.39 bits per heavy atom. The first-order chi connectivity index (χ1) is 14.5. The average molecular weight is 437 g/mol. The van der Waals surface area contributed by atoms with E-state index in [-0.39, 0.29) is 28.9 Å². The van der Waals surface area contributed by atoms with Crippen LogP contribution in [0.25, 0.3) is 0 Å². The van der Waals surface area contributed by atoms with Gasteiger partial charge in [-0.1, -0.05) is 65.3 Å². The molecular formula is C26H29ClN2O2. The number of nitriles is 1. The molecule has 1 aliphatic heterocycles. The topological polar surface area (TPSA) is 53.3 Å². The van der Waals surface area contributed by atoms with E-state index in [1.165, 1.54) is 5.56 Å². The highest BCUT2D eigenvalue weighted by molar-refractivity contribution is 6.31. The summed E-state index contributed by atoms with van der Waals surface area (Å²) in [5.41, 5.74) is 3.13. The first kappa shape index (κ1) is 21.7. The summed E-state index contributed by atoms with van der Waals surface area (Å²) >= 11 is 6.20. The van der Waals surface area contributed by atoms with Gasteiger partial charge in [-0.2, -0.15) is 5.26 Å². The van der Waals surface area contributed by atoms with Gasteiger partial charge in [0.15, 0.2) is 0 Å². The van der Waals surface area contributed by atoms with E-state index in [0.29, 0.717) is 28.8 Å². The van der Waals surface area contributed by atoms with E-state index >= 15 is 0 Å². The van der Waals surface area contributed by atoms with Crippen LogP contribution in [-0.4, -0.2) is 23.0 Å². The standard InChI is InChI=1S/C26H29ClN2O2/c1-15(2)16-8-10-20-18(11-16)14-29(22(20)30)23-25(3,4)24(26(23,5)6)31-19-9-7-17(13-28)21(27)12-19/h7-12,15,23-24H,14H2,1-6H3/t23-,24-. The Morgan fingerprint density at radius 2 is 1.81 bits per heavy atom. The molecule has 1 aliphatic carbocycles. The molecule has 4 rings (SSSR count). The van der Waals surface area contributed by atoms with Crippen molar-refractivity contribution in [1.29, 1.82) is 5.26 Å². The summed E-state index contributed by atoms with van der Waals surface area (Å²) in [6.07, 6.45) is -0.100. The van der Waals surface area contributed by atoms with Crippen molar-refractivity contribution in [3.8, 4) is 11.8 Å². The predicted octanol–water partition coefficient (Wildman–Crippen LogP) is 6.17. The molecule has 2 aromatic carbocycles. The van der Waals surface area contributed by atoms with Crippen LogP contribution in [0.2, 0.25) is 5.02 Å². The number of ether oxygens (including phenoxy) is 1. The lowest BCUT2D eigenvalue weighted by Crippen LogP contribution is -2.74. The quantitative estimate of drug-likeness (QED) is 0.575. The minimum Gasteiger partial charge on any atom is -0.489 e. The van der Waals surface area contributed by atoms with Gasteiger partial charge in [0.1, 0.15) is 17.9 Å². The normalized spacial score (nSPS) is 23.3. The van der Waals surface area contributed by atoms with Gasteiger partial charge in [0.2, 0.25) is 0 Å². The first-order valence-corrected chi connectivity index (χ1v) is 11.2. The predicted molar refractivity (Wildman–Crippen MR) is 122 cm³/mol. The molecule has 4 nitrogen and oxygen atoms in total. The van der Waals surface area contributed by atoms with E-state index in [1.54, 1.807) is 18.2 Å². The summed E-state index contributed by atoms with van der Waals surface area (Å²) < 4.78 is 6.38. The van der Waals surface area contributed by atoms with Gasteiger partial charge in [0.05, 0.1) is 10.6 Å². The Labute approximate surface area is 189 Å². The second-order valence-corrected chi connectivity index (χ2v) is 10.7. The van der Waals surface area contributed by atoms with Gasteiger partial charge in [-0.3, -0.25) is 4.79 Å². The van der Waals surface area contributed by atoms with Crippen LogP contribution in [0, 0.1) is 22.2 Å². The molecule has 2 aliphatic rings. The lowest BCUT2D eigenvalue weighted by Gasteiger charge is -2.65. The summed E-state index contributed by atoms with van der Waals surface area (Å²) in [7, 11) is 0. The molecule has 0 spiro atoms. The second kappa shape index (κ2) is 7.28. The highest BCUT2D eigenvalue weighted by Gasteiger charge is 2.66. The highest BCUT2D eigenvalue weighted by Crippen LogP contribution is 2.59. The van der Waals surface area contributed by atoms with Crippen LogP contribution >= 0.6 is 11.6 Å². The van der Waals surface area contributed by atoms with Crippen molar-refractivity contribution in [2.24, 2.45) is 10.8 Å². The van der Waals surface area contributed by atoms with E-state index in [0.717, 1.165) is 11.1 Å². The van der Waals surface area contributed by atoms with Crippen LogP contribution in [0.5, 0.6) is 5.75 Å². The van der Waals surface area contributed by atoms with Gasteiger partial charge in [-0.15, -0.1) is 0 Å². The third-order valence-corrected chi connectivity index (χ3v) is 7.33. The van der Waals surface area contributed by atoms with Crippen LogP contribution in [-0.2, 0) is 6.54 Å². The maximum absolute atomic E-state index is 13.3. The molecule has 0 radical (unpaired) electrons. The number of fused-ring (bicyclic) bond motifs is 1. The number of carbonyl (C=O) groups is 1. The zero-order chi connectivity index (χ0) is 22.7. The van der Waals surface area contributed by atoms with Crippen molar-refractivity contribution in [2.75, 3.05) is 0 Å². The molecule has 0 bridgehead atoms. The molecule has 162 valence electrons. The van der Waals surface area contributed by atoms with Crippen LogP contribution in [0.15, 0.2) is 36.4 Å². The lowest BCUT2D eigenvalue weighted by molar-refractivity contribution is -0.199. The summed E-state index contributed by atoms with van der Waals surface area (Å²) in [5.74, 6) is 1.19. The van der Waals surface area contributed by atoms with Crippen molar-refractivity contribution in [3.63, 3.8) is 0 Å². The lowest BCUT2D eigenvalue weighted by atomic mass is 9.49. The zero-order valence-corrected chi connectivity index (χ0v) is 19.7. The van der Waals surface area contributed by atoms with E-state index in [9.17, 15) is 4.79 Å². The summed E-state index contributed by atoms with van der Waals surface area (Å²) in [6.45, 7) is 13.6. The fourth-order valence-corrected chi connectivity index (χ4v) is 6.15. The Bertz CT molecular complexity index is 1080. The third kappa shape index (κ3) is 3.31. The number of hydrogen-bond donors (Lipinski definition) is 0. The Balaban J connectivity index is 1.59. The van der Waals surface area contributed by atoms with Crippen LogP contribution < -0.4 is 4.74 Å². The zero-order valence-electron chi connectivity index (χ0n) is 19.0. The maximum atomic E-state index is 13.3. The van der Waals surface area contributed by atoms with Crippen molar-refractivity contribution < 1.29 is 9.53 Å². The largest absolute Gasteiger partial charge is 0.489 e. The molecule has 1 fully saturated rings. The molecule has 1 saturated carbocycles. The number of hydrogen-bond acceptors (Lipinski definition) is 3. The number of rotatable bonds is 4. The molecule has 0 unspecified atom stereocenters. The monoisotopic (exact) mass is 436 g/mol.